The smallest absolute Gasteiger partial charge is 0.240 e. The number of hydrogen-bond donors (Lipinski definition) is 3. The Morgan fingerprint density at radius 2 is 1.85 bits per heavy atom. The molecule has 1 fully saturated rings. The predicted octanol–water partition coefficient (Wildman–Crippen LogP) is 4.53. The number of ether oxygens (including phenoxy) is 1. The first-order valence-electron chi connectivity index (χ1n) is 10.1. The molecular weight excluding hydrogens is 499 g/mol. The Balaban J connectivity index is 1.60. The Morgan fingerprint density at radius 3 is 2.53 bits per heavy atom. The standard InChI is InChI=1S/C23H20Cl2N4O4S/c24-17-6-4-13(8-20(17)33-23-14(11-26)2-1-3-18(23)25)15-9-22(30)29(12-15)16-5-7-21(19(27)10-16)34(28,31)32/h1-8,10-11,15,26H,9,12,27H2,(H2,28,31,32)/t15-/m0/s1. The van der Waals surface area contributed by atoms with E-state index in [4.69, 9.17) is 44.2 Å². The molecule has 0 spiro atoms. The number of primary sulfonamides is 1. The van der Waals surface area contributed by atoms with E-state index < -0.39 is 10.0 Å². The van der Waals surface area contributed by atoms with Crippen LogP contribution in [0.2, 0.25) is 10.0 Å². The minimum atomic E-state index is -3.96. The molecule has 1 amide bonds. The molecule has 5 N–H and O–H groups in total. The number of anilines is 2. The van der Waals surface area contributed by atoms with Crippen molar-refractivity contribution in [3.05, 3.63) is 75.8 Å². The third-order valence-corrected chi connectivity index (χ3v) is 7.12. The van der Waals surface area contributed by atoms with Crippen molar-refractivity contribution < 1.29 is 17.9 Å². The number of carbonyl (C=O) groups is 1. The molecule has 0 radical (unpaired) electrons. The highest BCUT2D eigenvalue weighted by Gasteiger charge is 2.32. The number of rotatable bonds is 6. The van der Waals surface area contributed by atoms with Crippen LogP contribution in [-0.4, -0.2) is 27.1 Å². The number of nitrogens with zero attached hydrogens (tertiary/aromatic N) is 1. The van der Waals surface area contributed by atoms with Crippen molar-refractivity contribution in [2.24, 2.45) is 5.14 Å². The molecule has 0 unspecified atom stereocenters. The Bertz CT molecular complexity index is 1410. The molecule has 8 nitrogen and oxygen atoms in total. The number of carbonyl (C=O) groups excluding carboxylic acids is 1. The summed E-state index contributed by atoms with van der Waals surface area (Å²) in [7, 11) is -3.96. The number of halogens is 2. The van der Waals surface area contributed by atoms with Gasteiger partial charge >= 0.3 is 0 Å². The molecule has 1 atom stereocenters. The predicted molar refractivity (Wildman–Crippen MR) is 133 cm³/mol. The molecule has 0 aromatic heterocycles. The molecule has 34 heavy (non-hydrogen) atoms. The summed E-state index contributed by atoms with van der Waals surface area (Å²) < 4.78 is 29.2. The number of sulfonamides is 1. The summed E-state index contributed by atoms with van der Waals surface area (Å²) in [5.41, 5.74) is 7.63. The lowest BCUT2D eigenvalue weighted by molar-refractivity contribution is -0.117. The van der Waals surface area contributed by atoms with Gasteiger partial charge in [-0.3, -0.25) is 4.79 Å². The van der Waals surface area contributed by atoms with E-state index >= 15 is 0 Å². The second-order valence-electron chi connectivity index (χ2n) is 7.77. The number of hydrogen-bond acceptors (Lipinski definition) is 6. The van der Waals surface area contributed by atoms with Gasteiger partial charge in [-0.2, -0.15) is 0 Å². The van der Waals surface area contributed by atoms with E-state index in [9.17, 15) is 13.2 Å². The van der Waals surface area contributed by atoms with Gasteiger partial charge in [0.2, 0.25) is 15.9 Å². The van der Waals surface area contributed by atoms with Crippen LogP contribution in [0.1, 0.15) is 23.5 Å². The van der Waals surface area contributed by atoms with Crippen LogP contribution >= 0.6 is 23.2 Å². The molecule has 3 aromatic rings. The van der Waals surface area contributed by atoms with E-state index in [-0.39, 0.29) is 28.8 Å². The van der Waals surface area contributed by atoms with Gasteiger partial charge in [0, 0.05) is 36.3 Å². The van der Waals surface area contributed by atoms with Crippen LogP contribution in [0.5, 0.6) is 11.5 Å². The van der Waals surface area contributed by atoms with Crippen molar-refractivity contribution in [2.75, 3.05) is 17.2 Å². The summed E-state index contributed by atoms with van der Waals surface area (Å²) in [5, 5.41) is 13.4. The minimum absolute atomic E-state index is 0.0276. The van der Waals surface area contributed by atoms with E-state index in [1.54, 1.807) is 35.2 Å². The third kappa shape index (κ3) is 4.74. The quantitative estimate of drug-likeness (QED) is 0.324. The summed E-state index contributed by atoms with van der Waals surface area (Å²) in [5.74, 6) is 0.359. The fourth-order valence-electron chi connectivity index (χ4n) is 3.85. The number of nitrogens with two attached hydrogens (primary N) is 2. The monoisotopic (exact) mass is 518 g/mol. The molecule has 176 valence electrons. The lowest BCUT2D eigenvalue weighted by Gasteiger charge is -2.19. The van der Waals surface area contributed by atoms with Crippen molar-refractivity contribution in [1.29, 1.82) is 5.41 Å². The van der Waals surface area contributed by atoms with Crippen LogP contribution < -0.4 is 20.5 Å². The Hall–Kier alpha value is -3.11. The first-order valence-corrected chi connectivity index (χ1v) is 12.4. The Kier molecular flexibility index (Phi) is 6.55. The van der Waals surface area contributed by atoms with Gasteiger partial charge in [-0.05, 0) is 48.0 Å². The van der Waals surface area contributed by atoms with Gasteiger partial charge in [0.15, 0.2) is 5.75 Å². The van der Waals surface area contributed by atoms with Crippen LogP contribution in [0.4, 0.5) is 11.4 Å². The number of nitrogens with one attached hydrogen (secondary N) is 1. The summed E-state index contributed by atoms with van der Waals surface area (Å²) >= 11 is 12.6. The van der Waals surface area contributed by atoms with Gasteiger partial charge in [-0.15, -0.1) is 0 Å². The Labute approximate surface area is 206 Å². The maximum absolute atomic E-state index is 12.8. The molecule has 1 saturated heterocycles. The summed E-state index contributed by atoms with van der Waals surface area (Å²) in [6, 6.07) is 14.5. The van der Waals surface area contributed by atoms with Gasteiger partial charge in [-0.25, -0.2) is 13.6 Å². The fraction of sp³-hybridized carbons (Fsp3) is 0.130. The molecule has 11 heteroatoms. The zero-order chi connectivity index (χ0) is 24.6. The molecule has 1 aliphatic rings. The van der Waals surface area contributed by atoms with Gasteiger partial charge in [0.25, 0.3) is 0 Å². The average Bonchev–Trinajstić information content (AvgIpc) is 3.17. The first-order chi connectivity index (χ1) is 16.1. The first kappa shape index (κ1) is 24.0. The lowest BCUT2D eigenvalue weighted by atomic mass is 9.98. The average molecular weight is 519 g/mol. The highest BCUT2D eigenvalue weighted by Crippen LogP contribution is 2.39. The molecule has 4 rings (SSSR count). The van der Waals surface area contributed by atoms with Crippen molar-refractivity contribution >= 4 is 56.7 Å². The highest BCUT2D eigenvalue weighted by molar-refractivity contribution is 7.89. The maximum Gasteiger partial charge on any atom is 0.240 e. The highest BCUT2D eigenvalue weighted by atomic mass is 35.5. The number of nitrogen functional groups attached to an aromatic ring is 1. The third-order valence-electron chi connectivity index (χ3n) is 5.53. The van der Waals surface area contributed by atoms with Gasteiger partial charge in [0.05, 0.1) is 15.7 Å². The lowest BCUT2D eigenvalue weighted by Crippen LogP contribution is -2.24. The number of para-hydroxylation sites is 1. The topological polar surface area (TPSA) is 140 Å². The molecular formula is C23H20Cl2N4O4S. The van der Waals surface area contributed by atoms with E-state index in [2.05, 4.69) is 0 Å². The normalized spacial score (nSPS) is 16.0. The summed E-state index contributed by atoms with van der Waals surface area (Å²) in [4.78, 5) is 14.1. The van der Waals surface area contributed by atoms with Crippen molar-refractivity contribution in [2.45, 2.75) is 17.2 Å². The molecule has 0 aliphatic carbocycles. The zero-order valence-corrected chi connectivity index (χ0v) is 20.0. The molecule has 0 saturated carbocycles. The maximum atomic E-state index is 12.8. The van der Waals surface area contributed by atoms with Crippen molar-refractivity contribution in [3.8, 4) is 11.5 Å². The minimum Gasteiger partial charge on any atom is -0.454 e. The van der Waals surface area contributed by atoms with E-state index in [0.29, 0.717) is 39.3 Å². The number of amides is 1. The van der Waals surface area contributed by atoms with Crippen LogP contribution in [0.3, 0.4) is 0 Å². The molecule has 3 aromatic carbocycles. The van der Waals surface area contributed by atoms with E-state index in [1.165, 1.54) is 18.2 Å². The zero-order valence-electron chi connectivity index (χ0n) is 17.7. The number of benzene rings is 3. The van der Waals surface area contributed by atoms with E-state index in [1.807, 2.05) is 6.07 Å². The molecule has 1 aliphatic heterocycles. The van der Waals surface area contributed by atoms with E-state index in [0.717, 1.165) is 11.8 Å². The second-order valence-corrected chi connectivity index (χ2v) is 10.1. The molecule has 1 heterocycles. The fourth-order valence-corrected chi connectivity index (χ4v) is 4.87. The molecule has 0 bridgehead atoms. The van der Waals surface area contributed by atoms with Gasteiger partial charge in [-0.1, -0.05) is 35.3 Å². The van der Waals surface area contributed by atoms with Crippen LogP contribution in [0.15, 0.2) is 59.5 Å². The summed E-state index contributed by atoms with van der Waals surface area (Å²) in [6.45, 7) is 0.353. The largest absolute Gasteiger partial charge is 0.454 e. The van der Waals surface area contributed by atoms with Crippen LogP contribution in [-0.2, 0) is 14.8 Å². The van der Waals surface area contributed by atoms with Crippen molar-refractivity contribution in [3.63, 3.8) is 0 Å². The SMILES string of the molecule is N=Cc1cccc(Cl)c1Oc1cc([C@H]2CC(=O)N(c3ccc(S(N)(=O)=O)c(N)c3)C2)ccc1Cl. The van der Waals surface area contributed by atoms with Gasteiger partial charge in [0.1, 0.15) is 10.6 Å². The summed E-state index contributed by atoms with van der Waals surface area (Å²) in [6.07, 6.45) is 1.37. The second kappa shape index (κ2) is 9.27. The van der Waals surface area contributed by atoms with Gasteiger partial charge < -0.3 is 20.8 Å². The Morgan fingerprint density at radius 1 is 1.09 bits per heavy atom. The van der Waals surface area contributed by atoms with Crippen LogP contribution in [0.25, 0.3) is 0 Å². The van der Waals surface area contributed by atoms with Crippen LogP contribution in [0, 0.1) is 5.41 Å². The van der Waals surface area contributed by atoms with Crippen molar-refractivity contribution in [1.82, 2.24) is 0 Å².